The van der Waals surface area contributed by atoms with Crippen LogP contribution in [-0.4, -0.2) is 23.6 Å². The van der Waals surface area contributed by atoms with Crippen LogP contribution in [-0.2, 0) is 12.8 Å². The van der Waals surface area contributed by atoms with Crippen molar-refractivity contribution in [3.63, 3.8) is 0 Å². The Balaban J connectivity index is 1.63. The van der Waals surface area contributed by atoms with Crippen molar-refractivity contribution in [2.75, 3.05) is 13.3 Å². The lowest BCUT2D eigenvalue weighted by Crippen LogP contribution is -2.31. The van der Waals surface area contributed by atoms with E-state index in [-0.39, 0.29) is 24.3 Å². The number of rotatable bonds is 2. The fraction of sp³-hybridized carbons (Fsp3) is 0.294. The molecule has 5 nitrogen and oxygen atoms in total. The van der Waals surface area contributed by atoms with Crippen LogP contribution < -0.4 is 14.8 Å². The van der Waals surface area contributed by atoms with E-state index in [0.29, 0.717) is 0 Å². The molecule has 4 rings (SSSR count). The van der Waals surface area contributed by atoms with Gasteiger partial charge in [0.1, 0.15) is 0 Å². The average Bonchev–Trinajstić information content (AvgIpc) is 2.97. The molecule has 0 saturated carbocycles. The van der Waals surface area contributed by atoms with Gasteiger partial charge in [-0.25, -0.2) is 0 Å². The van der Waals surface area contributed by atoms with E-state index >= 15 is 0 Å². The zero-order valence-electron chi connectivity index (χ0n) is 12.0. The number of hydrogen-bond donors (Lipinski definition) is 3. The normalized spacial score (nSPS) is 19.0. The van der Waals surface area contributed by atoms with Gasteiger partial charge < -0.3 is 25.0 Å². The topological polar surface area (TPSA) is 71.0 Å². The molecule has 2 heterocycles. The Morgan fingerprint density at radius 1 is 1.05 bits per heavy atom. The summed E-state index contributed by atoms with van der Waals surface area (Å²) >= 11 is 0. The third kappa shape index (κ3) is 2.23. The smallest absolute Gasteiger partial charge is 0.231 e. The van der Waals surface area contributed by atoms with Gasteiger partial charge in [0, 0.05) is 6.04 Å². The van der Waals surface area contributed by atoms with E-state index < -0.39 is 0 Å². The molecule has 0 spiro atoms. The minimum atomic E-state index is -0.0712. The highest BCUT2D eigenvalue weighted by atomic mass is 16.7. The number of fused-ring (bicyclic) bond motifs is 2. The van der Waals surface area contributed by atoms with Crippen LogP contribution in [0.4, 0.5) is 0 Å². The quantitative estimate of drug-likeness (QED) is 0.742. The van der Waals surface area contributed by atoms with Gasteiger partial charge in [0.25, 0.3) is 0 Å². The number of nitrogens with one attached hydrogen (secondary N) is 1. The molecule has 0 aromatic heterocycles. The Hall–Kier alpha value is -2.40. The van der Waals surface area contributed by atoms with Gasteiger partial charge in [-0.2, -0.15) is 0 Å². The first-order valence-corrected chi connectivity index (χ1v) is 7.37. The summed E-state index contributed by atoms with van der Waals surface area (Å²) in [6.07, 6.45) is 1.63. The second kappa shape index (κ2) is 5.10. The number of hydrogen-bond acceptors (Lipinski definition) is 5. The number of aromatic hydroxyl groups is 2. The molecule has 0 aliphatic carbocycles. The van der Waals surface area contributed by atoms with Crippen LogP contribution in [0.15, 0.2) is 30.3 Å². The minimum absolute atomic E-state index is 0.0533. The van der Waals surface area contributed by atoms with Crippen molar-refractivity contribution in [1.29, 1.82) is 0 Å². The van der Waals surface area contributed by atoms with Crippen LogP contribution in [0.25, 0.3) is 0 Å². The van der Waals surface area contributed by atoms with Crippen LogP contribution in [0.5, 0.6) is 23.0 Å². The van der Waals surface area contributed by atoms with Crippen molar-refractivity contribution in [3.8, 4) is 23.0 Å². The molecule has 2 aliphatic heterocycles. The highest BCUT2D eigenvalue weighted by Gasteiger charge is 2.23. The lowest BCUT2D eigenvalue weighted by atomic mass is 9.90. The number of benzene rings is 2. The molecular weight excluding hydrogens is 282 g/mol. The third-order valence-electron chi connectivity index (χ3n) is 4.27. The lowest BCUT2D eigenvalue weighted by Gasteiger charge is -2.27. The van der Waals surface area contributed by atoms with E-state index in [2.05, 4.69) is 5.32 Å². The summed E-state index contributed by atoms with van der Waals surface area (Å²) in [5, 5.41) is 22.9. The van der Waals surface area contributed by atoms with Gasteiger partial charge in [-0.1, -0.05) is 6.07 Å². The first kappa shape index (κ1) is 13.3. The summed E-state index contributed by atoms with van der Waals surface area (Å²) in [5.74, 6) is 1.44. The van der Waals surface area contributed by atoms with Crippen LogP contribution in [0, 0.1) is 0 Å². The Bertz CT molecular complexity index is 729. The standard InChI is InChI=1S/C17H17NO4/c19-14-7-11-3-4-18-13(12(11)8-15(14)20)5-10-1-2-16-17(6-10)22-9-21-16/h1-2,6-8,13,18-20H,3-5,9H2/t13-/m1/s1. The predicted molar refractivity (Wildman–Crippen MR) is 80.5 cm³/mol. The van der Waals surface area contributed by atoms with E-state index in [0.717, 1.165) is 47.6 Å². The maximum absolute atomic E-state index is 9.77. The Kier molecular flexibility index (Phi) is 3.08. The van der Waals surface area contributed by atoms with Gasteiger partial charge in [0.2, 0.25) is 6.79 Å². The molecule has 0 fully saturated rings. The molecule has 0 amide bonds. The van der Waals surface area contributed by atoms with Crippen LogP contribution in [0.1, 0.15) is 22.7 Å². The second-order valence-corrected chi connectivity index (χ2v) is 5.69. The summed E-state index contributed by atoms with van der Waals surface area (Å²) in [6, 6.07) is 9.39. The molecule has 114 valence electrons. The van der Waals surface area contributed by atoms with Crippen molar-refractivity contribution in [1.82, 2.24) is 5.32 Å². The van der Waals surface area contributed by atoms with E-state index in [1.165, 1.54) is 0 Å². The van der Waals surface area contributed by atoms with Gasteiger partial charge >= 0.3 is 0 Å². The molecule has 0 unspecified atom stereocenters. The SMILES string of the molecule is Oc1cc2c(cc1O)[C@@H](Cc1ccc3c(c1)OCO3)NCC2. The minimum Gasteiger partial charge on any atom is -0.504 e. The summed E-state index contributed by atoms with van der Waals surface area (Å²) in [6.45, 7) is 1.13. The molecule has 2 aromatic rings. The molecule has 22 heavy (non-hydrogen) atoms. The zero-order valence-corrected chi connectivity index (χ0v) is 12.0. The zero-order chi connectivity index (χ0) is 15.1. The largest absolute Gasteiger partial charge is 0.504 e. The maximum atomic E-state index is 9.77. The van der Waals surface area contributed by atoms with Crippen molar-refractivity contribution in [2.45, 2.75) is 18.9 Å². The predicted octanol–water partition coefficient (Wildman–Crippen LogP) is 2.26. The van der Waals surface area contributed by atoms with Gasteiger partial charge in [-0.15, -0.1) is 0 Å². The molecular formula is C17H17NO4. The van der Waals surface area contributed by atoms with E-state index in [4.69, 9.17) is 9.47 Å². The first-order chi connectivity index (χ1) is 10.7. The van der Waals surface area contributed by atoms with E-state index in [9.17, 15) is 10.2 Å². The summed E-state index contributed by atoms with van der Waals surface area (Å²) in [5.41, 5.74) is 3.26. The average molecular weight is 299 g/mol. The van der Waals surface area contributed by atoms with E-state index in [1.54, 1.807) is 12.1 Å². The Morgan fingerprint density at radius 3 is 2.77 bits per heavy atom. The third-order valence-corrected chi connectivity index (χ3v) is 4.27. The van der Waals surface area contributed by atoms with Crippen LogP contribution >= 0.6 is 0 Å². The van der Waals surface area contributed by atoms with Gasteiger partial charge in [0.15, 0.2) is 23.0 Å². The summed E-state index contributed by atoms with van der Waals surface area (Å²) < 4.78 is 10.7. The van der Waals surface area contributed by atoms with Crippen molar-refractivity contribution >= 4 is 0 Å². The van der Waals surface area contributed by atoms with Crippen LogP contribution in [0.3, 0.4) is 0 Å². The van der Waals surface area contributed by atoms with Gasteiger partial charge in [-0.3, -0.25) is 0 Å². The molecule has 0 radical (unpaired) electrons. The fourth-order valence-electron chi connectivity index (χ4n) is 3.15. The van der Waals surface area contributed by atoms with Gasteiger partial charge in [-0.05, 0) is 60.3 Å². The summed E-state index contributed by atoms with van der Waals surface area (Å²) in [7, 11) is 0. The molecule has 3 N–H and O–H groups in total. The molecule has 5 heteroatoms. The summed E-state index contributed by atoms with van der Waals surface area (Å²) in [4.78, 5) is 0. The molecule has 1 atom stereocenters. The van der Waals surface area contributed by atoms with Gasteiger partial charge in [0.05, 0.1) is 0 Å². The highest BCUT2D eigenvalue weighted by molar-refractivity contribution is 5.49. The Morgan fingerprint density at radius 2 is 1.86 bits per heavy atom. The van der Waals surface area contributed by atoms with Crippen molar-refractivity contribution in [2.24, 2.45) is 0 Å². The number of phenolic OH excluding ortho intramolecular Hbond substituents is 2. The van der Waals surface area contributed by atoms with E-state index in [1.807, 2.05) is 18.2 Å². The first-order valence-electron chi connectivity index (χ1n) is 7.37. The lowest BCUT2D eigenvalue weighted by molar-refractivity contribution is 0.174. The molecule has 0 bridgehead atoms. The second-order valence-electron chi connectivity index (χ2n) is 5.69. The van der Waals surface area contributed by atoms with Crippen molar-refractivity contribution in [3.05, 3.63) is 47.0 Å². The molecule has 0 saturated heterocycles. The van der Waals surface area contributed by atoms with Crippen LogP contribution in [0.2, 0.25) is 0 Å². The maximum Gasteiger partial charge on any atom is 0.231 e. The number of phenols is 2. The molecule has 2 aromatic carbocycles. The van der Waals surface area contributed by atoms with Crippen molar-refractivity contribution < 1.29 is 19.7 Å². The number of ether oxygens (including phenoxy) is 2. The Labute approximate surface area is 128 Å². The monoisotopic (exact) mass is 299 g/mol. The highest BCUT2D eigenvalue weighted by Crippen LogP contribution is 2.37. The fourth-order valence-corrected chi connectivity index (χ4v) is 3.15. The molecule has 2 aliphatic rings.